The van der Waals surface area contributed by atoms with Crippen LogP contribution in [0.25, 0.3) is 0 Å². The van der Waals surface area contributed by atoms with E-state index in [9.17, 15) is 0 Å². The summed E-state index contributed by atoms with van der Waals surface area (Å²) in [6.45, 7) is 7.81. The van der Waals surface area contributed by atoms with Gasteiger partial charge in [0.15, 0.2) is 0 Å². The van der Waals surface area contributed by atoms with Gasteiger partial charge >= 0.3 is 0 Å². The maximum atomic E-state index is 3.62. The first-order chi connectivity index (χ1) is 5.25. The Kier molecular flexibility index (Phi) is 2.32. The zero-order chi connectivity index (χ0) is 8.27. The Morgan fingerprint density at radius 1 is 1.36 bits per heavy atom. The van der Waals surface area contributed by atoms with Crippen molar-refractivity contribution in [3.8, 4) is 0 Å². The summed E-state index contributed by atoms with van der Waals surface area (Å²) in [4.78, 5) is 0. The standard InChI is InChI=1S/C10H13N/c1-4-11-10-7-5-6-8(2)9(10)3/h4-7,11H,1H2,2-3H3. The Hall–Kier alpha value is -1.24. The minimum atomic E-state index is 1.14. The largest absolute Gasteiger partial charge is 0.362 e. The van der Waals surface area contributed by atoms with Crippen LogP contribution in [-0.2, 0) is 0 Å². The van der Waals surface area contributed by atoms with Gasteiger partial charge in [0.1, 0.15) is 0 Å². The van der Waals surface area contributed by atoms with Crippen LogP contribution in [0.5, 0.6) is 0 Å². The van der Waals surface area contributed by atoms with Crippen molar-refractivity contribution in [2.24, 2.45) is 0 Å². The molecule has 0 saturated carbocycles. The second-order valence-corrected chi connectivity index (χ2v) is 2.60. The highest BCUT2D eigenvalue weighted by molar-refractivity contribution is 5.54. The fourth-order valence-electron chi connectivity index (χ4n) is 1.02. The van der Waals surface area contributed by atoms with Crippen molar-refractivity contribution >= 4 is 5.69 Å². The first-order valence-corrected chi connectivity index (χ1v) is 3.69. The highest BCUT2D eigenvalue weighted by Crippen LogP contribution is 2.17. The number of benzene rings is 1. The van der Waals surface area contributed by atoms with Gasteiger partial charge in [0.25, 0.3) is 0 Å². The Morgan fingerprint density at radius 3 is 2.73 bits per heavy atom. The van der Waals surface area contributed by atoms with E-state index in [0.717, 1.165) is 5.69 Å². The molecule has 0 spiro atoms. The van der Waals surface area contributed by atoms with Gasteiger partial charge in [-0.25, -0.2) is 0 Å². The van der Waals surface area contributed by atoms with E-state index in [0.29, 0.717) is 0 Å². The topological polar surface area (TPSA) is 12.0 Å². The molecule has 58 valence electrons. The zero-order valence-electron chi connectivity index (χ0n) is 7.02. The van der Waals surface area contributed by atoms with Crippen molar-refractivity contribution in [3.05, 3.63) is 42.1 Å². The molecule has 0 radical (unpaired) electrons. The third-order valence-corrected chi connectivity index (χ3v) is 1.86. The van der Waals surface area contributed by atoms with E-state index in [1.165, 1.54) is 11.1 Å². The van der Waals surface area contributed by atoms with Gasteiger partial charge in [-0.05, 0) is 37.2 Å². The summed E-state index contributed by atoms with van der Waals surface area (Å²) >= 11 is 0. The van der Waals surface area contributed by atoms with Gasteiger partial charge in [0.2, 0.25) is 0 Å². The second kappa shape index (κ2) is 3.24. The van der Waals surface area contributed by atoms with Crippen molar-refractivity contribution in [2.75, 3.05) is 5.32 Å². The summed E-state index contributed by atoms with van der Waals surface area (Å²) in [7, 11) is 0. The molecule has 1 heteroatoms. The molecule has 1 aromatic carbocycles. The van der Waals surface area contributed by atoms with E-state index >= 15 is 0 Å². The maximum absolute atomic E-state index is 3.62. The molecule has 1 N–H and O–H groups in total. The Labute approximate surface area is 67.8 Å². The summed E-state index contributed by atoms with van der Waals surface area (Å²) in [6.07, 6.45) is 1.70. The number of aryl methyl sites for hydroxylation is 1. The lowest BCUT2D eigenvalue weighted by molar-refractivity contribution is 1.33. The monoisotopic (exact) mass is 147 g/mol. The molecule has 1 rings (SSSR count). The van der Waals surface area contributed by atoms with Gasteiger partial charge in [0.05, 0.1) is 0 Å². The molecule has 0 aliphatic heterocycles. The summed E-state index contributed by atoms with van der Waals surface area (Å²) in [5.41, 5.74) is 3.73. The number of hydrogen-bond acceptors (Lipinski definition) is 1. The van der Waals surface area contributed by atoms with E-state index in [1.807, 2.05) is 12.1 Å². The van der Waals surface area contributed by atoms with Gasteiger partial charge in [-0.1, -0.05) is 18.7 Å². The molecule has 0 bridgehead atoms. The lowest BCUT2D eigenvalue weighted by Crippen LogP contribution is -1.91. The van der Waals surface area contributed by atoms with E-state index in [4.69, 9.17) is 0 Å². The van der Waals surface area contributed by atoms with Crippen LogP contribution in [0.15, 0.2) is 31.0 Å². The minimum Gasteiger partial charge on any atom is -0.362 e. The normalized spacial score (nSPS) is 9.27. The van der Waals surface area contributed by atoms with Crippen LogP contribution in [0.3, 0.4) is 0 Å². The van der Waals surface area contributed by atoms with Gasteiger partial charge < -0.3 is 5.32 Å². The predicted octanol–water partition coefficient (Wildman–Crippen LogP) is 2.86. The maximum Gasteiger partial charge on any atom is 0.0411 e. The second-order valence-electron chi connectivity index (χ2n) is 2.60. The van der Waals surface area contributed by atoms with Gasteiger partial charge in [-0.15, -0.1) is 0 Å². The number of rotatable bonds is 2. The first-order valence-electron chi connectivity index (χ1n) is 3.69. The van der Waals surface area contributed by atoms with Crippen LogP contribution in [0.4, 0.5) is 5.69 Å². The molecule has 0 amide bonds. The van der Waals surface area contributed by atoms with Crippen LogP contribution in [-0.4, -0.2) is 0 Å². The van der Waals surface area contributed by atoms with E-state index in [1.54, 1.807) is 6.20 Å². The minimum absolute atomic E-state index is 1.14. The highest BCUT2D eigenvalue weighted by Gasteiger charge is 1.96. The lowest BCUT2D eigenvalue weighted by Gasteiger charge is -2.06. The van der Waals surface area contributed by atoms with Gasteiger partial charge in [-0.3, -0.25) is 0 Å². The van der Waals surface area contributed by atoms with E-state index in [-0.39, 0.29) is 0 Å². The third-order valence-electron chi connectivity index (χ3n) is 1.86. The third kappa shape index (κ3) is 1.61. The van der Waals surface area contributed by atoms with Crippen LogP contribution in [0, 0.1) is 13.8 Å². The van der Waals surface area contributed by atoms with E-state index < -0.39 is 0 Å². The average molecular weight is 147 g/mol. The SMILES string of the molecule is C=CNc1cccc(C)c1C. The molecule has 0 saturated heterocycles. The summed E-state index contributed by atoms with van der Waals surface area (Å²) in [5, 5.41) is 3.08. The summed E-state index contributed by atoms with van der Waals surface area (Å²) in [6, 6.07) is 6.18. The average Bonchev–Trinajstić information content (AvgIpc) is 1.99. The van der Waals surface area contributed by atoms with Crippen LogP contribution >= 0.6 is 0 Å². The molecule has 0 aromatic heterocycles. The van der Waals surface area contributed by atoms with Crippen molar-refractivity contribution in [1.29, 1.82) is 0 Å². The predicted molar refractivity (Wildman–Crippen MR) is 49.7 cm³/mol. The number of anilines is 1. The number of nitrogens with one attached hydrogen (secondary N) is 1. The highest BCUT2D eigenvalue weighted by atomic mass is 14.8. The Balaban J connectivity index is 3.05. The van der Waals surface area contributed by atoms with Gasteiger partial charge in [0, 0.05) is 5.69 Å². The zero-order valence-corrected chi connectivity index (χ0v) is 7.02. The first kappa shape index (κ1) is 7.86. The molecule has 1 aromatic rings. The van der Waals surface area contributed by atoms with E-state index in [2.05, 4.69) is 31.8 Å². The molecule has 0 atom stereocenters. The quantitative estimate of drug-likeness (QED) is 0.678. The Morgan fingerprint density at radius 2 is 2.09 bits per heavy atom. The smallest absolute Gasteiger partial charge is 0.0411 e. The summed E-state index contributed by atoms with van der Waals surface area (Å²) < 4.78 is 0. The van der Waals surface area contributed by atoms with Crippen molar-refractivity contribution in [3.63, 3.8) is 0 Å². The molecule has 0 unspecified atom stereocenters. The molecule has 0 aliphatic rings. The molecule has 0 aliphatic carbocycles. The molecule has 1 nitrogen and oxygen atoms in total. The molecular formula is C10H13N. The van der Waals surface area contributed by atoms with Crippen LogP contribution in [0.2, 0.25) is 0 Å². The fraction of sp³-hybridized carbons (Fsp3) is 0.200. The molecule has 0 fully saturated rings. The molecule has 0 heterocycles. The van der Waals surface area contributed by atoms with Crippen molar-refractivity contribution in [2.45, 2.75) is 13.8 Å². The molecule has 11 heavy (non-hydrogen) atoms. The number of hydrogen-bond donors (Lipinski definition) is 1. The van der Waals surface area contributed by atoms with Crippen molar-refractivity contribution < 1.29 is 0 Å². The van der Waals surface area contributed by atoms with Crippen molar-refractivity contribution in [1.82, 2.24) is 0 Å². The lowest BCUT2D eigenvalue weighted by atomic mass is 10.1. The Bertz CT molecular complexity index is 264. The molecular weight excluding hydrogens is 134 g/mol. The van der Waals surface area contributed by atoms with Crippen LogP contribution < -0.4 is 5.32 Å². The van der Waals surface area contributed by atoms with Crippen LogP contribution in [0.1, 0.15) is 11.1 Å². The fourth-order valence-corrected chi connectivity index (χ4v) is 1.02. The summed E-state index contributed by atoms with van der Waals surface area (Å²) in [5.74, 6) is 0. The van der Waals surface area contributed by atoms with Gasteiger partial charge in [-0.2, -0.15) is 0 Å².